The van der Waals surface area contributed by atoms with Crippen molar-refractivity contribution in [2.75, 3.05) is 0 Å². The van der Waals surface area contributed by atoms with Crippen molar-refractivity contribution in [1.82, 2.24) is 0 Å². The predicted octanol–water partition coefficient (Wildman–Crippen LogP) is -5.76. The largest absolute Gasteiger partial charge is 2.00 e. The summed E-state index contributed by atoms with van der Waals surface area (Å²) in [6.45, 7) is 0. The maximum atomic E-state index is 8.58. The van der Waals surface area contributed by atoms with Crippen molar-refractivity contribution in [3.8, 4) is 0 Å². The molecule has 10 heavy (non-hydrogen) atoms. The average Bonchev–Trinajstić information content (AvgIpc) is 1.25. The van der Waals surface area contributed by atoms with E-state index < -0.39 is 37.2 Å². The SMILES string of the molecule is [Ca+2].[O]=[Ti]([O-])[O-].[O]=[Ti]([O-])[O-].[Pb+2]. The van der Waals surface area contributed by atoms with Crippen LogP contribution in [0.2, 0.25) is 0 Å². The summed E-state index contributed by atoms with van der Waals surface area (Å²) >= 11 is -8.17. The molecule has 10 heteroatoms. The zero-order valence-electron chi connectivity index (χ0n) is 4.66. The molecule has 0 atom stereocenters. The van der Waals surface area contributed by atoms with Gasteiger partial charge in [-0.2, -0.15) is 0 Å². The second-order valence-corrected chi connectivity index (χ2v) is 2.06. The molecular weight excluding hydrogens is 439 g/mol. The first-order valence-electron chi connectivity index (χ1n) is 1.22. The van der Waals surface area contributed by atoms with E-state index >= 15 is 0 Å². The molecule has 0 aromatic heterocycles. The molecule has 0 aliphatic rings. The third kappa shape index (κ3) is 120. The third-order valence-electron chi connectivity index (χ3n) is 0. The van der Waals surface area contributed by atoms with Gasteiger partial charge in [0.25, 0.3) is 0 Å². The fourth-order valence-electron chi connectivity index (χ4n) is 0. The average molecular weight is 439 g/mol. The van der Waals surface area contributed by atoms with E-state index in [-0.39, 0.29) is 65.0 Å². The molecule has 0 bridgehead atoms. The normalized spacial score (nSPS) is 5.20. The quantitative estimate of drug-likeness (QED) is 0.347. The molecule has 0 unspecified atom stereocenters. The third-order valence-corrected chi connectivity index (χ3v) is 0. The Labute approximate surface area is 121 Å². The van der Waals surface area contributed by atoms with E-state index in [0.29, 0.717) is 0 Å². The van der Waals surface area contributed by atoms with E-state index in [9.17, 15) is 0 Å². The summed E-state index contributed by atoms with van der Waals surface area (Å²) < 4.78 is 51.5. The standard InChI is InChI=1S/Ca.6O.Pb.2Ti/q+2;;;4*-1;+2;;. The van der Waals surface area contributed by atoms with Gasteiger partial charge in [0.15, 0.2) is 0 Å². The Balaban J connectivity index is -0.0000000300. The summed E-state index contributed by atoms with van der Waals surface area (Å²) in [7, 11) is 0. The minimum absolute atomic E-state index is 0. The van der Waals surface area contributed by atoms with Gasteiger partial charge in [0.1, 0.15) is 0 Å². The van der Waals surface area contributed by atoms with Crippen LogP contribution in [0.15, 0.2) is 0 Å². The van der Waals surface area contributed by atoms with Crippen LogP contribution in [0.3, 0.4) is 0 Å². The van der Waals surface area contributed by atoms with E-state index in [1.54, 1.807) is 0 Å². The van der Waals surface area contributed by atoms with Gasteiger partial charge in [-0.3, -0.25) is 0 Å². The molecule has 2 radical (unpaired) electrons. The molecule has 0 heterocycles. The summed E-state index contributed by atoms with van der Waals surface area (Å²) in [5.41, 5.74) is 0. The topological polar surface area (TPSA) is 126 Å². The Morgan fingerprint density at radius 1 is 0.800 bits per heavy atom. The van der Waals surface area contributed by atoms with Crippen LogP contribution in [-0.2, 0) is 43.9 Å². The van der Waals surface area contributed by atoms with E-state index in [2.05, 4.69) is 0 Å². The molecular formula is CaO6PbTi2. The maximum Gasteiger partial charge on any atom is 2.00 e. The second-order valence-electron chi connectivity index (χ2n) is 0.500. The molecule has 0 amide bonds. The van der Waals surface area contributed by atoms with E-state index in [1.165, 1.54) is 0 Å². The Hall–Kier alpha value is 3.05. The molecule has 50 valence electrons. The van der Waals surface area contributed by atoms with Gasteiger partial charge >= 0.3 is 124 Å². The number of hydrogen-bond donors (Lipinski definition) is 0. The van der Waals surface area contributed by atoms with Gasteiger partial charge in [0.05, 0.1) is 0 Å². The van der Waals surface area contributed by atoms with Gasteiger partial charge in [-0.25, -0.2) is 0 Å². The zero-order valence-corrected chi connectivity index (χ0v) is 13.9. The van der Waals surface area contributed by atoms with Gasteiger partial charge in [0.2, 0.25) is 0 Å². The fraction of sp³-hybridized carbons (Fsp3) is 0. The van der Waals surface area contributed by atoms with Crippen molar-refractivity contribution < 1.29 is 58.6 Å². The van der Waals surface area contributed by atoms with Crippen molar-refractivity contribution in [1.29, 1.82) is 0 Å². The first-order valence-corrected chi connectivity index (χ1v) is 5.05. The van der Waals surface area contributed by atoms with E-state index in [1.807, 2.05) is 0 Å². The van der Waals surface area contributed by atoms with E-state index in [0.717, 1.165) is 0 Å². The summed E-state index contributed by atoms with van der Waals surface area (Å²) in [5.74, 6) is 0. The summed E-state index contributed by atoms with van der Waals surface area (Å²) in [6, 6.07) is 0. The van der Waals surface area contributed by atoms with Crippen LogP contribution in [-0.4, -0.2) is 65.0 Å². The van der Waals surface area contributed by atoms with Crippen LogP contribution in [0.4, 0.5) is 0 Å². The van der Waals surface area contributed by atoms with Gasteiger partial charge in [-0.1, -0.05) is 0 Å². The van der Waals surface area contributed by atoms with E-state index in [4.69, 9.17) is 21.4 Å². The van der Waals surface area contributed by atoms with Gasteiger partial charge < -0.3 is 0 Å². The summed E-state index contributed by atoms with van der Waals surface area (Å²) in [4.78, 5) is 0. The first kappa shape index (κ1) is 23.1. The Morgan fingerprint density at radius 3 is 0.800 bits per heavy atom. The molecule has 6 nitrogen and oxygen atoms in total. The van der Waals surface area contributed by atoms with Crippen LogP contribution in [0.1, 0.15) is 0 Å². The first-order chi connectivity index (χ1) is 3.46. The predicted molar refractivity (Wildman–Crippen MR) is 12.9 cm³/mol. The smallest absolute Gasteiger partial charge is 2.00 e. The fourth-order valence-corrected chi connectivity index (χ4v) is 0. The molecule has 0 N–H and O–H groups in total. The Bertz CT molecular complexity index is 73.7. The van der Waals surface area contributed by atoms with Crippen molar-refractivity contribution in [2.45, 2.75) is 0 Å². The molecule has 0 fully saturated rings. The molecule has 0 rings (SSSR count). The molecule has 0 saturated heterocycles. The van der Waals surface area contributed by atoms with Gasteiger partial charge in [-0.15, -0.1) is 0 Å². The van der Waals surface area contributed by atoms with Crippen molar-refractivity contribution in [3.63, 3.8) is 0 Å². The number of hydrogen-bond acceptors (Lipinski definition) is 6. The summed E-state index contributed by atoms with van der Waals surface area (Å²) in [5, 5.41) is 0. The Kier molecular flexibility index (Phi) is 41.6. The Morgan fingerprint density at radius 2 is 0.800 bits per heavy atom. The van der Waals surface area contributed by atoms with Crippen molar-refractivity contribution in [2.24, 2.45) is 0 Å². The van der Waals surface area contributed by atoms with Crippen molar-refractivity contribution in [3.05, 3.63) is 0 Å². The minimum Gasteiger partial charge on any atom is 2.00 e. The maximum absolute atomic E-state index is 8.58. The number of rotatable bonds is 0. The van der Waals surface area contributed by atoms with Gasteiger partial charge in [0, 0.05) is 0 Å². The van der Waals surface area contributed by atoms with Crippen LogP contribution < -0.4 is 14.8 Å². The van der Waals surface area contributed by atoms with Crippen LogP contribution in [0.25, 0.3) is 0 Å². The van der Waals surface area contributed by atoms with Crippen LogP contribution >= 0.6 is 0 Å². The second kappa shape index (κ2) is 18.0. The molecule has 0 spiro atoms. The zero-order chi connectivity index (χ0) is 7.15. The molecule has 0 aromatic rings. The van der Waals surface area contributed by atoms with Gasteiger partial charge in [-0.05, 0) is 0 Å². The van der Waals surface area contributed by atoms with Crippen LogP contribution in [0, 0.1) is 0 Å². The van der Waals surface area contributed by atoms with Crippen molar-refractivity contribution >= 4 is 65.0 Å². The summed E-state index contributed by atoms with van der Waals surface area (Å²) in [6.07, 6.45) is 0. The molecule has 0 saturated carbocycles. The van der Waals surface area contributed by atoms with Crippen LogP contribution in [0.5, 0.6) is 0 Å². The molecule has 0 aliphatic carbocycles. The molecule has 0 aliphatic heterocycles. The minimum atomic E-state index is -4.08. The molecule has 0 aromatic carbocycles. The monoisotopic (exact) mass is 440 g/mol.